The summed E-state index contributed by atoms with van der Waals surface area (Å²) in [6.07, 6.45) is 1.45. The van der Waals surface area contributed by atoms with Crippen molar-refractivity contribution in [2.24, 2.45) is 5.10 Å². The van der Waals surface area contributed by atoms with Crippen LogP contribution in [-0.2, 0) is 0 Å². The van der Waals surface area contributed by atoms with E-state index in [2.05, 4.69) is 49.0 Å². The van der Waals surface area contributed by atoms with Gasteiger partial charge in [-0.2, -0.15) is 5.10 Å². The van der Waals surface area contributed by atoms with E-state index in [9.17, 15) is 4.79 Å². The minimum atomic E-state index is -0.426. The molecule has 2 aromatic heterocycles. The lowest BCUT2D eigenvalue weighted by molar-refractivity contribution is 0.0929. The van der Waals surface area contributed by atoms with E-state index in [4.69, 9.17) is 8.83 Å². The van der Waals surface area contributed by atoms with E-state index < -0.39 is 5.91 Å². The zero-order valence-electron chi connectivity index (χ0n) is 14.2. The van der Waals surface area contributed by atoms with Crippen molar-refractivity contribution < 1.29 is 13.6 Å². The highest BCUT2D eigenvalue weighted by Crippen LogP contribution is 2.29. The Morgan fingerprint density at radius 2 is 1.93 bits per heavy atom. The number of rotatable bonds is 5. The zero-order valence-corrected chi connectivity index (χ0v) is 18.7. The smallest absolute Gasteiger partial charge is 0.307 e. The summed E-state index contributed by atoms with van der Waals surface area (Å²) in [5, 5.41) is 5.55. The number of nitrogens with zero attached hydrogens (tertiary/aromatic N) is 1. The SMILES string of the molecule is O=C(N/N=C\c1ccc(Sc2ccccc2)o1)c1cc2cc(Br)cc(I)c2o1. The van der Waals surface area contributed by atoms with Crippen LogP contribution in [0.15, 0.2) is 89.1 Å². The molecule has 2 aromatic carbocycles. The second-order valence-corrected chi connectivity index (χ2v) is 8.84. The summed E-state index contributed by atoms with van der Waals surface area (Å²) in [5.41, 5.74) is 3.13. The predicted molar refractivity (Wildman–Crippen MR) is 121 cm³/mol. The average Bonchev–Trinajstić information content (AvgIpc) is 3.29. The van der Waals surface area contributed by atoms with Crippen LogP contribution in [0, 0.1) is 3.57 Å². The van der Waals surface area contributed by atoms with Gasteiger partial charge in [-0.1, -0.05) is 45.9 Å². The van der Waals surface area contributed by atoms with Gasteiger partial charge in [-0.25, -0.2) is 5.43 Å². The molecule has 8 heteroatoms. The van der Waals surface area contributed by atoms with Gasteiger partial charge in [-0.05, 0) is 65.1 Å². The van der Waals surface area contributed by atoms with Gasteiger partial charge in [0.05, 0.1) is 9.78 Å². The summed E-state index contributed by atoms with van der Waals surface area (Å²) in [4.78, 5) is 13.4. The first-order valence-corrected chi connectivity index (χ1v) is 10.8. The monoisotopic (exact) mass is 566 g/mol. The molecule has 0 bridgehead atoms. The van der Waals surface area contributed by atoms with Crippen LogP contribution in [-0.4, -0.2) is 12.1 Å². The molecule has 0 spiro atoms. The summed E-state index contributed by atoms with van der Waals surface area (Å²) in [7, 11) is 0. The fraction of sp³-hybridized carbons (Fsp3) is 0. The van der Waals surface area contributed by atoms with Crippen molar-refractivity contribution >= 4 is 73.4 Å². The topological polar surface area (TPSA) is 67.7 Å². The van der Waals surface area contributed by atoms with Gasteiger partial charge in [0.1, 0.15) is 11.3 Å². The summed E-state index contributed by atoms with van der Waals surface area (Å²) in [5.74, 6) is 0.314. The number of hydrogen-bond acceptors (Lipinski definition) is 5. The number of carbonyl (C=O) groups is 1. The van der Waals surface area contributed by atoms with E-state index in [1.807, 2.05) is 48.5 Å². The number of hydrogen-bond donors (Lipinski definition) is 1. The molecule has 4 rings (SSSR count). The zero-order chi connectivity index (χ0) is 19.5. The van der Waals surface area contributed by atoms with Crippen LogP contribution in [0.25, 0.3) is 11.0 Å². The standard InChI is InChI=1S/C20H12BrIN2O3S/c21-13-8-12-9-17(27-19(12)16(22)10-13)20(25)24-23-11-14-6-7-18(26-14)28-15-4-2-1-3-5-15/h1-11H,(H,24,25)/b23-11-. The van der Waals surface area contributed by atoms with Gasteiger partial charge in [0.25, 0.3) is 0 Å². The van der Waals surface area contributed by atoms with E-state index in [1.165, 1.54) is 18.0 Å². The van der Waals surface area contributed by atoms with Crippen LogP contribution < -0.4 is 5.43 Å². The molecule has 0 aliphatic heterocycles. The van der Waals surface area contributed by atoms with Gasteiger partial charge in [0.15, 0.2) is 10.9 Å². The molecule has 28 heavy (non-hydrogen) atoms. The third kappa shape index (κ3) is 4.50. The number of furan rings is 2. The first kappa shape index (κ1) is 19.3. The van der Waals surface area contributed by atoms with Crippen molar-refractivity contribution in [1.29, 1.82) is 0 Å². The Balaban J connectivity index is 1.41. The first-order chi connectivity index (χ1) is 13.6. The summed E-state index contributed by atoms with van der Waals surface area (Å²) in [6, 6.07) is 19.1. The molecule has 0 aliphatic rings. The molecule has 1 amide bonds. The highest BCUT2D eigenvalue weighted by atomic mass is 127. The fourth-order valence-corrected chi connectivity index (χ4v) is 4.92. The van der Waals surface area contributed by atoms with E-state index in [-0.39, 0.29) is 5.76 Å². The highest BCUT2D eigenvalue weighted by molar-refractivity contribution is 14.1. The number of halogens is 2. The van der Waals surface area contributed by atoms with Crippen molar-refractivity contribution in [3.05, 3.63) is 80.2 Å². The molecule has 0 radical (unpaired) electrons. The lowest BCUT2D eigenvalue weighted by Crippen LogP contribution is -2.16. The molecule has 0 atom stereocenters. The highest BCUT2D eigenvalue weighted by Gasteiger charge is 2.14. The van der Waals surface area contributed by atoms with Crippen molar-refractivity contribution in [2.45, 2.75) is 9.99 Å². The molecule has 5 nitrogen and oxygen atoms in total. The van der Waals surface area contributed by atoms with Gasteiger partial charge in [0.2, 0.25) is 0 Å². The maximum absolute atomic E-state index is 12.3. The molecular formula is C20H12BrIN2O3S. The lowest BCUT2D eigenvalue weighted by Gasteiger charge is -1.96. The molecule has 140 valence electrons. The second-order valence-electron chi connectivity index (χ2n) is 5.69. The summed E-state index contributed by atoms with van der Waals surface area (Å²) >= 11 is 7.12. The summed E-state index contributed by atoms with van der Waals surface area (Å²) in [6.45, 7) is 0. The minimum Gasteiger partial charge on any atom is -0.450 e. The summed E-state index contributed by atoms with van der Waals surface area (Å²) < 4.78 is 13.2. The third-order valence-electron chi connectivity index (χ3n) is 3.68. The molecule has 1 N–H and O–H groups in total. The molecule has 0 aliphatic carbocycles. The minimum absolute atomic E-state index is 0.197. The number of benzene rings is 2. The van der Waals surface area contributed by atoms with Gasteiger partial charge < -0.3 is 8.83 Å². The Kier molecular flexibility index (Phi) is 5.88. The van der Waals surface area contributed by atoms with E-state index >= 15 is 0 Å². The quantitative estimate of drug-likeness (QED) is 0.175. The molecule has 0 saturated heterocycles. The Bertz CT molecular complexity index is 1170. The number of fused-ring (bicyclic) bond motifs is 1. The van der Waals surface area contributed by atoms with Crippen LogP contribution in [0.1, 0.15) is 16.3 Å². The van der Waals surface area contributed by atoms with Crippen LogP contribution >= 0.6 is 50.3 Å². The van der Waals surface area contributed by atoms with Crippen LogP contribution in [0.5, 0.6) is 0 Å². The Labute approximate surface area is 186 Å². The molecular weight excluding hydrogens is 555 g/mol. The van der Waals surface area contributed by atoms with Crippen molar-refractivity contribution in [3.8, 4) is 0 Å². The van der Waals surface area contributed by atoms with E-state index in [1.54, 1.807) is 12.1 Å². The number of carbonyl (C=O) groups excluding carboxylic acids is 1. The average molecular weight is 567 g/mol. The number of amides is 1. The predicted octanol–water partition coefficient (Wildman–Crippen LogP) is 6.31. The molecule has 4 aromatic rings. The molecule has 0 saturated carbocycles. The van der Waals surface area contributed by atoms with Gasteiger partial charge in [0, 0.05) is 14.8 Å². The molecule has 2 heterocycles. The van der Waals surface area contributed by atoms with Gasteiger partial charge in [-0.3, -0.25) is 4.79 Å². The largest absolute Gasteiger partial charge is 0.450 e. The van der Waals surface area contributed by atoms with Crippen molar-refractivity contribution in [1.82, 2.24) is 5.43 Å². The van der Waals surface area contributed by atoms with Crippen LogP contribution in [0.3, 0.4) is 0 Å². The molecule has 0 fully saturated rings. The lowest BCUT2D eigenvalue weighted by atomic mass is 10.2. The number of hydrazone groups is 1. The van der Waals surface area contributed by atoms with Gasteiger partial charge >= 0.3 is 5.91 Å². The number of nitrogens with one attached hydrogen (secondary N) is 1. The van der Waals surface area contributed by atoms with Gasteiger partial charge in [-0.15, -0.1) is 0 Å². The Morgan fingerprint density at radius 1 is 1.11 bits per heavy atom. The first-order valence-electron chi connectivity index (χ1n) is 8.13. The molecule has 0 unspecified atom stereocenters. The maximum atomic E-state index is 12.3. The fourth-order valence-electron chi connectivity index (χ4n) is 2.46. The second kappa shape index (κ2) is 8.54. The van der Waals surface area contributed by atoms with E-state index in [0.717, 1.165) is 23.4 Å². The Morgan fingerprint density at radius 3 is 2.75 bits per heavy atom. The normalized spacial score (nSPS) is 11.4. The van der Waals surface area contributed by atoms with E-state index in [0.29, 0.717) is 11.3 Å². The Hall–Kier alpha value is -2.04. The maximum Gasteiger partial charge on any atom is 0.307 e. The van der Waals surface area contributed by atoms with Crippen molar-refractivity contribution in [3.63, 3.8) is 0 Å². The van der Waals surface area contributed by atoms with Crippen molar-refractivity contribution in [2.75, 3.05) is 0 Å². The van der Waals surface area contributed by atoms with Crippen LogP contribution in [0.4, 0.5) is 0 Å². The van der Waals surface area contributed by atoms with Crippen LogP contribution in [0.2, 0.25) is 0 Å². The third-order valence-corrected chi connectivity index (χ3v) is 5.87.